The Labute approximate surface area is 131 Å². The molecule has 1 aliphatic carbocycles. The predicted octanol–water partition coefficient (Wildman–Crippen LogP) is 3.33. The van der Waals surface area contributed by atoms with Crippen LogP contribution in [0.15, 0.2) is 24.3 Å². The van der Waals surface area contributed by atoms with E-state index in [4.69, 9.17) is 11.6 Å². The lowest BCUT2D eigenvalue weighted by Gasteiger charge is -2.18. The molecule has 0 radical (unpaired) electrons. The zero-order chi connectivity index (χ0) is 13.7. The third-order valence-electron chi connectivity index (χ3n) is 3.41. The van der Waals surface area contributed by atoms with E-state index >= 15 is 0 Å². The molecule has 0 aliphatic heterocycles. The molecule has 1 fully saturated rings. The third-order valence-corrected chi connectivity index (χ3v) is 3.65. The normalized spacial score (nSPS) is 15.3. The maximum Gasteiger partial charge on any atom is 0.234 e. The van der Waals surface area contributed by atoms with Gasteiger partial charge in [0.25, 0.3) is 0 Å². The molecule has 1 aromatic carbocycles. The number of rotatable bonds is 7. The smallest absolute Gasteiger partial charge is 0.234 e. The molecule has 0 heterocycles. The van der Waals surface area contributed by atoms with Crippen LogP contribution in [0.5, 0.6) is 0 Å². The second kappa shape index (κ2) is 8.50. The quantitative estimate of drug-likeness (QED) is 0.810. The van der Waals surface area contributed by atoms with E-state index in [1.54, 1.807) is 0 Å². The standard InChI is InChI=1S/C15H21ClN2O.ClH/c1-2-14(12-4-3-5-13(16)8-12)18-15(19)10-17-9-11-6-7-11;/h3-5,8,11,14,17H,2,6-7,9-10H2,1H3,(H,18,19);1H. The molecule has 112 valence electrons. The first kappa shape index (κ1) is 17.3. The fourth-order valence-electron chi connectivity index (χ4n) is 2.10. The minimum Gasteiger partial charge on any atom is -0.348 e. The van der Waals surface area contributed by atoms with Gasteiger partial charge in [-0.3, -0.25) is 4.79 Å². The summed E-state index contributed by atoms with van der Waals surface area (Å²) in [5.41, 5.74) is 1.06. The SMILES string of the molecule is CCC(NC(=O)CNCC1CC1)c1cccc(Cl)c1.Cl. The molecular weight excluding hydrogens is 295 g/mol. The van der Waals surface area contributed by atoms with Crippen LogP contribution in [0, 0.1) is 5.92 Å². The van der Waals surface area contributed by atoms with Crippen molar-refractivity contribution in [2.75, 3.05) is 13.1 Å². The highest BCUT2D eigenvalue weighted by Gasteiger charge is 2.21. The lowest BCUT2D eigenvalue weighted by Crippen LogP contribution is -2.36. The second-order valence-corrected chi connectivity index (χ2v) is 5.59. The van der Waals surface area contributed by atoms with Gasteiger partial charge in [0.05, 0.1) is 12.6 Å². The topological polar surface area (TPSA) is 41.1 Å². The van der Waals surface area contributed by atoms with E-state index in [1.807, 2.05) is 24.3 Å². The molecule has 0 saturated heterocycles. The Morgan fingerprint density at radius 1 is 1.45 bits per heavy atom. The Kier molecular flexibility index (Phi) is 7.35. The molecule has 2 rings (SSSR count). The van der Waals surface area contributed by atoms with Gasteiger partial charge < -0.3 is 10.6 Å². The van der Waals surface area contributed by atoms with Crippen molar-refractivity contribution >= 4 is 29.9 Å². The number of carbonyl (C=O) groups is 1. The van der Waals surface area contributed by atoms with Crippen LogP contribution in [0.25, 0.3) is 0 Å². The zero-order valence-electron chi connectivity index (χ0n) is 11.7. The Morgan fingerprint density at radius 3 is 2.80 bits per heavy atom. The van der Waals surface area contributed by atoms with Gasteiger partial charge in [0, 0.05) is 5.02 Å². The van der Waals surface area contributed by atoms with Gasteiger partial charge in [-0.1, -0.05) is 30.7 Å². The molecule has 1 saturated carbocycles. The van der Waals surface area contributed by atoms with Crippen LogP contribution in [0.3, 0.4) is 0 Å². The lowest BCUT2D eigenvalue weighted by molar-refractivity contribution is -0.121. The lowest BCUT2D eigenvalue weighted by atomic mass is 10.0. The molecule has 0 bridgehead atoms. The fourth-order valence-corrected chi connectivity index (χ4v) is 2.30. The van der Waals surface area contributed by atoms with Crippen molar-refractivity contribution in [2.24, 2.45) is 5.92 Å². The monoisotopic (exact) mass is 316 g/mol. The molecule has 1 atom stereocenters. The van der Waals surface area contributed by atoms with E-state index in [2.05, 4.69) is 17.6 Å². The molecule has 0 aromatic heterocycles. The minimum absolute atomic E-state index is 0. The average molecular weight is 317 g/mol. The average Bonchev–Trinajstić information content (AvgIpc) is 3.20. The number of nitrogens with one attached hydrogen (secondary N) is 2. The molecular formula is C15H22Cl2N2O. The first-order valence-electron chi connectivity index (χ1n) is 6.94. The molecule has 5 heteroatoms. The van der Waals surface area contributed by atoms with Crippen molar-refractivity contribution in [2.45, 2.75) is 32.2 Å². The molecule has 20 heavy (non-hydrogen) atoms. The van der Waals surface area contributed by atoms with Gasteiger partial charge in [0.1, 0.15) is 0 Å². The van der Waals surface area contributed by atoms with Crippen LogP contribution in [-0.2, 0) is 4.79 Å². The summed E-state index contributed by atoms with van der Waals surface area (Å²) >= 11 is 5.98. The van der Waals surface area contributed by atoms with Crippen molar-refractivity contribution < 1.29 is 4.79 Å². The van der Waals surface area contributed by atoms with E-state index in [9.17, 15) is 4.79 Å². The van der Waals surface area contributed by atoms with Crippen molar-refractivity contribution in [1.82, 2.24) is 10.6 Å². The van der Waals surface area contributed by atoms with Crippen LogP contribution in [-0.4, -0.2) is 19.0 Å². The van der Waals surface area contributed by atoms with Gasteiger partial charge in [0.2, 0.25) is 5.91 Å². The van der Waals surface area contributed by atoms with Gasteiger partial charge >= 0.3 is 0 Å². The summed E-state index contributed by atoms with van der Waals surface area (Å²) in [6.45, 7) is 3.42. The van der Waals surface area contributed by atoms with E-state index < -0.39 is 0 Å². The Bertz CT molecular complexity index is 436. The maximum atomic E-state index is 11.9. The molecule has 2 N–H and O–H groups in total. The molecule has 3 nitrogen and oxygen atoms in total. The number of benzene rings is 1. The molecule has 1 aliphatic rings. The summed E-state index contributed by atoms with van der Waals surface area (Å²) in [7, 11) is 0. The first-order chi connectivity index (χ1) is 9.19. The van der Waals surface area contributed by atoms with Crippen LogP contribution in [0.2, 0.25) is 5.02 Å². The van der Waals surface area contributed by atoms with E-state index in [0.717, 1.165) is 24.4 Å². The Hall–Kier alpha value is -0.770. The summed E-state index contributed by atoms with van der Waals surface area (Å²) in [6.07, 6.45) is 3.46. The van der Waals surface area contributed by atoms with Crippen molar-refractivity contribution in [1.29, 1.82) is 0 Å². The number of hydrogen-bond acceptors (Lipinski definition) is 2. The Morgan fingerprint density at radius 2 is 2.20 bits per heavy atom. The van der Waals surface area contributed by atoms with Crippen molar-refractivity contribution in [3.63, 3.8) is 0 Å². The van der Waals surface area contributed by atoms with Gasteiger partial charge in [-0.2, -0.15) is 0 Å². The summed E-state index contributed by atoms with van der Waals surface area (Å²) in [6, 6.07) is 7.70. The van der Waals surface area contributed by atoms with Crippen molar-refractivity contribution in [3.8, 4) is 0 Å². The first-order valence-corrected chi connectivity index (χ1v) is 7.32. The molecule has 1 unspecified atom stereocenters. The third kappa shape index (κ3) is 5.70. The van der Waals surface area contributed by atoms with E-state index in [0.29, 0.717) is 11.6 Å². The highest BCUT2D eigenvalue weighted by atomic mass is 35.5. The van der Waals surface area contributed by atoms with E-state index in [-0.39, 0.29) is 24.4 Å². The van der Waals surface area contributed by atoms with Gasteiger partial charge in [0.15, 0.2) is 0 Å². The fraction of sp³-hybridized carbons (Fsp3) is 0.533. The number of hydrogen-bond donors (Lipinski definition) is 2. The number of halogens is 2. The summed E-state index contributed by atoms with van der Waals surface area (Å²) < 4.78 is 0. The second-order valence-electron chi connectivity index (χ2n) is 5.16. The van der Waals surface area contributed by atoms with Gasteiger partial charge in [-0.25, -0.2) is 0 Å². The zero-order valence-corrected chi connectivity index (χ0v) is 13.3. The largest absolute Gasteiger partial charge is 0.348 e. The highest BCUT2D eigenvalue weighted by Crippen LogP contribution is 2.27. The summed E-state index contributed by atoms with van der Waals surface area (Å²) in [5, 5.41) is 6.95. The van der Waals surface area contributed by atoms with Crippen LogP contribution < -0.4 is 10.6 Å². The van der Waals surface area contributed by atoms with Crippen LogP contribution in [0.1, 0.15) is 37.8 Å². The van der Waals surface area contributed by atoms with Gasteiger partial charge in [-0.15, -0.1) is 12.4 Å². The summed E-state index contributed by atoms with van der Waals surface area (Å²) in [4.78, 5) is 11.9. The molecule has 1 aromatic rings. The summed E-state index contributed by atoms with van der Waals surface area (Å²) in [5.74, 6) is 0.843. The molecule has 0 spiro atoms. The van der Waals surface area contributed by atoms with E-state index in [1.165, 1.54) is 12.8 Å². The van der Waals surface area contributed by atoms with Crippen molar-refractivity contribution in [3.05, 3.63) is 34.9 Å². The predicted molar refractivity (Wildman–Crippen MR) is 85.5 cm³/mol. The Balaban J connectivity index is 0.00000200. The van der Waals surface area contributed by atoms with Crippen LogP contribution >= 0.6 is 24.0 Å². The number of amides is 1. The minimum atomic E-state index is 0. The molecule has 1 amide bonds. The highest BCUT2D eigenvalue weighted by molar-refractivity contribution is 6.30. The maximum absolute atomic E-state index is 11.9. The van der Waals surface area contributed by atoms with Gasteiger partial charge in [-0.05, 0) is 49.4 Å². The number of carbonyl (C=O) groups excluding carboxylic acids is 1. The van der Waals surface area contributed by atoms with Crippen LogP contribution in [0.4, 0.5) is 0 Å².